The summed E-state index contributed by atoms with van der Waals surface area (Å²) in [6.07, 6.45) is 2.72. The number of ether oxygens (including phenoxy) is 1. The first-order valence-corrected chi connectivity index (χ1v) is 11.2. The number of benzene rings is 2. The molecule has 0 aliphatic heterocycles. The largest absolute Gasteiger partial charge is 0.437 e. The molecule has 0 fully saturated rings. The summed E-state index contributed by atoms with van der Waals surface area (Å²) in [5.74, 6) is -0.528. The van der Waals surface area contributed by atoms with Crippen molar-refractivity contribution in [3.8, 4) is 17.7 Å². The zero-order valence-electron chi connectivity index (χ0n) is 18.5. The lowest BCUT2D eigenvalue weighted by Gasteiger charge is -2.12. The molecule has 9 heteroatoms. The standard InChI is InChI=1S/C26H18Cl2N4O3/c1-16-6-5-11-32-23(16)31-25(35-22-10-9-19(27)13-21(22)28)20(26(32)34)12-18(14-29)24(33)30-15-17-7-3-2-4-8-17/h2-13H,15H2,1H3,(H,30,33)/b18-12+. The lowest BCUT2D eigenvalue weighted by Crippen LogP contribution is -2.25. The van der Waals surface area contributed by atoms with Crippen molar-refractivity contribution in [3.05, 3.63) is 110 Å². The van der Waals surface area contributed by atoms with Crippen LogP contribution < -0.4 is 15.6 Å². The van der Waals surface area contributed by atoms with Gasteiger partial charge < -0.3 is 10.1 Å². The van der Waals surface area contributed by atoms with Gasteiger partial charge in [0, 0.05) is 17.8 Å². The summed E-state index contributed by atoms with van der Waals surface area (Å²) in [6.45, 7) is 2.02. The number of nitrogens with zero attached hydrogens (tertiary/aromatic N) is 3. The van der Waals surface area contributed by atoms with Crippen LogP contribution in [0.25, 0.3) is 11.7 Å². The number of hydrogen-bond acceptors (Lipinski definition) is 5. The Kier molecular flexibility index (Phi) is 7.16. The van der Waals surface area contributed by atoms with Gasteiger partial charge in [-0.3, -0.25) is 14.0 Å². The fourth-order valence-electron chi connectivity index (χ4n) is 3.32. The van der Waals surface area contributed by atoms with Crippen molar-refractivity contribution >= 4 is 40.8 Å². The molecule has 0 radical (unpaired) electrons. The quantitative estimate of drug-likeness (QED) is 0.283. The van der Waals surface area contributed by atoms with Crippen LogP contribution in [0.1, 0.15) is 16.7 Å². The third-order valence-corrected chi connectivity index (χ3v) is 5.63. The van der Waals surface area contributed by atoms with Gasteiger partial charge in [0.1, 0.15) is 28.6 Å². The molecule has 0 saturated carbocycles. The number of pyridine rings is 1. The summed E-state index contributed by atoms with van der Waals surface area (Å²) < 4.78 is 7.22. The van der Waals surface area contributed by atoms with Crippen molar-refractivity contribution in [1.29, 1.82) is 5.26 Å². The molecule has 1 amide bonds. The van der Waals surface area contributed by atoms with Gasteiger partial charge in [-0.15, -0.1) is 0 Å². The zero-order valence-corrected chi connectivity index (χ0v) is 20.0. The van der Waals surface area contributed by atoms with Gasteiger partial charge in [0.05, 0.1) is 5.02 Å². The molecule has 0 saturated heterocycles. The maximum atomic E-state index is 13.4. The van der Waals surface area contributed by atoms with Gasteiger partial charge >= 0.3 is 0 Å². The van der Waals surface area contributed by atoms with Crippen LogP contribution in [0.3, 0.4) is 0 Å². The topological polar surface area (TPSA) is 96.5 Å². The van der Waals surface area contributed by atoms with Crippen molar-refractivity contribution in [1.82, 2.24) is 14.7 Å². The molecule has 0 spiro atoms. The van der Waals surface area contributed by atoms with Crippen molar-refractivity contribution in [3.63, 3.8) is 0 Å². The second kappa shape index (κ2) is 10.4. The Morgan fingerprint density at radius 3 is 2.66 bits per heavy atom. The van der Waals surface area contributed by atoms with Crippen LogP contribution in [0.4, 0.5) is 0 Å². The number of carbonyl (C=O) groups excluding carboxylic acids is 1. The lowest BCUT2D eigenvalue weighted by molar-refractivity contribution is -0.117. The Morgan fingerprint density at radius 2 is 1.94 bits per heavy atom. The van der Waals surface area contributed by atoms with Gasteiger partial charge in [0.2, 0.25) is 5.88 Å². The third-order valence-electron chi connectivity index (χ3n) is 5.10. The summed E-state index contributed by atoms with van der Waals surface area (Å²) in [5, 5.41) is 13.0. The van der Waals surface area contributed by atoms with Gasteiger partial charge in [-0.1, -0.05) is 59.6 Å². The Balaban J connectivity index is 1.79. The number of aromatic nitrogens is 2. The van der Waals surface area contributed by atoms with Crippen LogP contribution >= 0.6 is 23.2 Å². The maximum Gasteiger partial charge on any atom is 0.269 e. The highest BCUT2D eigenvalue weighted by Gasteiger charge is 2.19. The first-order valence-electron chi connectivity index (χ1n) is 10.5. The Bertz CT molecular complexity index is 1560. The number of rotatable bonds is 6. The van der Waals surface area contributed by atoms with Crippen LogP contribution in [0.2, 0.25) is 10.0 Å². The zero-order chi connectivity index (χ0) is 24.9. The molecule has 35 heavy (non-hydrogen) atoms. The molecule has 0 bridgehead atoms. The molecule has 0 aliphatic carbocycles. The number of hydrogen-bond donors (Lipinski definition) is 1. The van der Waals surface area contributed by atoms with E-state index >= 15 is 0 Å². The Morgan fingerprint density at radius 1 is 1.17 bits per heavy atom. The van der Waals surface area contributed by atoms with Crippen molar-refractivity contribution < 1.29 is 9.53 Å². The Labute approximate surface area is 210 Å². The molecule has 174 valence electrons. The average Bonchev–Trinajstić information content (AvgIpc) is 2.85. The van der Waals surface area contributed by atoms with E-state index < -0.39 is 11.5 Å². The Hall–Kier alpha value is -4.12. The lowest BCUT2D eigenvalue weighted by atomic mass is 10.1. The molecule has 1 N–H and O–H groups in total. The maximum absolute atomic E-state index is 13.4. The SMILES string of the molecule is Cc1cccn2c(=O)c(/C=C(\C#N)C(=O)NCc3ccccc3)c(Oc3ccc(Cl)cc3Cl)nc12. The number of carbonyl (C=O) groups is 1. The number of aryl methyl sites for hydroxylation is 1. The van der Waals surface area contributed by atoms with Gasteiger partial charge in [-0.25, -0.2) is 0 Å². The molecule has 0 atom stereocenters. The minimum atomic E-state index is -0.638. The number of nitrogens with one attached hydrogen (secondary N) is 1. The fourth-order valence-corrected chi connectivity index (χ4v) is 3.77. The second-order valence-electron chi connectivity index (χ2n) is 7.54. The second-order valence-corrected chi connectivity index (χ2v) is 8.38. The number of fused-ring (bicyclic) bond motifs is 1. The number of halogens is 2. The van der Waals surface area contributed by atoms with E-state index in [9.17, 15) is 14.9 Å². The van der Waals surface area contributed by atoms with E-state index in [2.05, 4.69) is 10.3 Å². The number of nitriles is 1. The molecule has 0 unspecified atom stereocenters. The normalized spacial score (nSPS) is 11.2. The van der Waals surface area contributed by atoms with Crippen LogP contribution in [-0.2, 0) is 11.3 Å². The molecule has 4 aromatic rings. The summed E-state index contributed by atoms with van der Waals surface area (Å²) >= 11 is 12.2. The van der Waals surface area contributed by atoms with E-state index in [1.165, 1.54) is 22.6 Å². The molecular formula is C26H18Cl2N4O3. The van der Waals surface area contributed by atoms with Crippen molar-refractivity contribution in [2.24, 2.45) is 0 Å². The molecule has 2 heterocycles. The molecule has 2 aromatic carbocycles. The highest BCUT2D eigenvalue weighted by atomic mass is 35.5. The van der Waals surface area contributed by atoms with E-state index in [1.54, 1.807) is 31.3 Å². The van der Waals surface area contributed by atoms with Crippen LogP contribution in [0.5, 0.6) is 11.6 Å². The van der Waals surface area contributed by atoms with E-state index in [-0.39, 0.29) is 34.3 Å². The van der Waals surface area contributed by atoms with Gasteiger partial charge in [-0.05, 0) is 48.4 Å². The van der Waals surface area contributed by atoms with Gasteiger partial charge in [-0.2, -0.15) is 10.2 Å². The summed E-state index contributed by atoms with van der Waals surface area (Å²) in [6, 6.07) is 19.2. The summed E-state index contributed by atoms with van der Waals surface area (Å²) in [7, 11) is 0. The van der Waals surface area contributed by atoms with E-state index in [0.717, 1.165) is 11.1 Å². The highest BCUT2D eigenvalue weighted by molar-refractivity contribution is 6.35. The van der Waals surface area contributed by atoms with Gasteiger partial charge in [0.15, 0.2) is 0 Å². The molecule has 2 aromatic heterocycles. The monoisotopic (exact) mass is 504 g/mol. The van der Waals surface area contributed by atoms with Crippen LogP contribution in [0, 0.1) is 18.3 Å². The minimum Gasteiger partial charge on any atom is -0.437 e. The van der Waals surface area contributed by atoms with Crippen LogP contribution in [0.15, 0.2) is 77.2 Å². The van der Waals surface area contributed by atoms with Gasteiger partial charge in [0.25, 0.3) is 11.5 Å². The average molecular weight is 505 g/mol. The molecule has 7 nitrogen and oxygen atoms in total. The number of amides is 1. The fraction of sp³-hybridized carbons (Fsp3) is 0.0769. The summed E-state index contributed by atoms with van der Waals surface area (Å²) in [5.41, 5.74) is 1.09. The van der Waals surface area contributed by atoms with E-state index in [1.807, 2.05) is 36.4 Å². The third kappa shape index (κ3) is 5.35. The summed E-state index contributed by atoms with van der Waals surface area (Å²) in [4.78, 5) is 30.6. The van der Waals surface area contributed by atoms with E-state index in [4.69, 9.17) is 27.9 Å². The van der Waals surface area contributed by atoms with E-state index in [0.29, 0.717) is 10.7 Å². The molecular weight excluding hydrogens is 487 g/mol. The van der Waals surface area contributed by atoms with Crippen LogP contribution in [-0.4, -0.2) is 15.3 Å². The first-order chi connectivity index (χ1) is 16.9. The smallest absolute Gasteiger partial charge is 0.269 e. The minimum absolute atomic E-state index is 0.0782. The predicted molar refractivity (Wildman–Crippen MR) is 135 cm³/mol. The predicted octanol–water partition coefficient (Wildman–Crippen LogP) is 5.33. The van der Waals surface area contributed by atoms with Crippen molar-refractivity contribution in [2.45, 2.75) is 13.5 Å². The highest BCUT2D eigenvalue weighted by Crippen LogP contribution is 2.32. The molecule has 0 aliphatic rings. The first kappa shape index (κ1) is 24.0. The molecule has 4 rings (SSSR count). The van der Waals surface area contributed by atoms with Crippen molar-refractivity contribution in [2.75, 3.05) is 0 Å².